The molecule has 0 spiro atoms. The fourth-order valence-corrected chi connectivity index (χ4v) is 1.82. The van der Waals surface area contributed by atoms with Gasteiger partial charge in [0.1, 0.15) is 5.75 Å². The van der Waals surface area contributed by atoms with Crippen LogP contribution in [0.2, 0.25) is 0 Å². The molecule has 0 bridgehead atoms. The number of benzene rings is 1. The molecule has 1 rings (SSSR count). The molecule has 2 nitrogen and oxygen atoms in total. The van der Waals surface area contributed by atoms with Crippen LogP contribution in [0.3, 0.4) is 0 Å². The van der Waals surface area contributed by atoms with Gasteiger partial charge in [-0.1, -0.05) is 33.8 Å². The summed E-state index contributed by atoms with van der Waals surface area (Å²) in [6.45, 7) is 9.87. The topological polar surface area (TPSA) is 26.3 Å². The fraction of sp³-hybridized carbons (Fsp3) is 0.500. The maximum Gasteiger partial charge on any atom is 0.308 e. The van der Waals surface area contributed by atoms with E-state index in [0.717, 1.165) is 11.1 Å². The van der Waals surface area contributed by atoms with E-state index in [0.29, 0.717) is 17.6 Å². The van der Waals surface area contributed by atoms with E-state index in [9.17, 15) is 4.79 Å². The van der Waals surface area contributed by atoms with Gasteiger partial charge in [-0.15, -0.1) is 0 Å². The smallest absolute Gasteiger partial charge is 0.308 e. The highest BCUT2D eigenvalue weighted by Crippen LogP contribution is 2.33. The summed E-state index contributed by atoms with van der Waals surface area (Å²) < 4.78 is 5.24. The Morgan fingerprint density at radius 1 is 1.25 bits per heavy atom. The van der Waals surface area contributed by atoms with Crippen molar-refractivity contribution in [3.8, 4) is 5.75 Å². The highest BCUT2D eigenvalue weighted by Gasteiger charge is 2.16. The number of carbonyl (C=O) groups is 1. The van der Waals surface area contributed by atoms with E-state index in [1.54, 1.807) is 0 Å². The van der Waals surface area contributed by atoms with Crippen LogP contribution in [0, 0.1) is 6.07 Å². The average Bonchev–Trinajstić information content (AvgIpc) is 2.15. The summed E-state index contributed by atoms with van der Waals surface area (Å²) in [5.41, 5.74) is 2.22. The van der Waals surface area contributed by atoms with Crippen LogP contribution in [0.5, 0.6) is 5.75 Å². The number of ether oxygens (including phenoxy) is 1. The van der Waals surface area contributed by atoms with Crippen LogP contribution in [-0.4, -0.2) is 5.97 Å². The normalized spacial score (nSPS) is 10.9. The van der Waals surface area contributed by atoms with Crippen LogP contribution < -0.4 is 4.74 Å². The molecule has 0 aromatic heterocycles. The first kappa shape index (κ1) is 12.8. The van der Waals surface area contributed by atoms with Crippen LogP contribution >= 0.6 is 0 Å². The molecule has 0 aliphatic carbocycles. The second kappa shape index (κ2) is 5.15. The van der Waals surface area contributed by atoms with Crippen LogP contribution in [0.4, 0.5) is 0 Å². The van der Waals surface area contributed by atoms with Gasteiger partial charge in [-0.05, 0) is 29.5 Å². The van der Waals surface area contributed by atoms with Gasteiger partial charge < -0.3 is 4.74 Å². The van der Waals surface area contributed by atoms with E-state index in [1.807, 2.05) is 12.1 Å². The Kier molecular flexibility index (Phi) is 4.11. The molecule has 0 fully saturated rings. The summed E-state index contributed by atoms with van der Waals surface area (Å²) in [6, 6.07) is 6.87. The van der Waals surface area contributed by atoms with Gasteiger partial charge in [-0.25, -0.2) is 0 Å². The van der Waals surface area contributed by atoms with Crippen molar-refractivity contribution in [1.29, 1.82) is 0 Å². The maximum atomic E-state index is 11.0. The Labute approximate surface area is 97.6 Å². The number of hydrogen-bond acceptors (Lipinski definition) is 2. The molecular formula is C14H19O2. The number of carbonyl (C=O) groups excluding carboxylic acids is 1. The molecule has 0 N–H and O–H groups in total. The highest BCUT2D eigenvalue weighted by atomic mass is 16.5. The Balaban J connectivity index is 3.26. The second-order valence-electron chi connectivity index (χ2n) is 4.57. The lowest BCUT2D eigenvalue weighted by Gasteiger charge is -2.18. The number of hydrogen-bond donors (Lipinski definition) is 0. The van der Waals surface area contributed by atoms with Gasteiger partial charge in [0.25, 0.3) is 0 Å². The summed E-state index contributed by atoms with van der Waals surface area (Å²) in [7, 11) is 0. The molecule has 1 radical (unpaired) electrons. The maximum absolute atomic E-state index is 11.0. The highest BCUT2D eigenvalue weighted by molar-refractivity contribution is 5.70. The van der Waals surface area contributed by atoms with E-state index in [2.05, 4.69) is 33.8 Å². The lowest BCUT2D eigenvalue weighted by molar-refractivity contribution is -0.131. The summed E-state index contributed by atoms with van der Waals surface area (Å²) in [4.78, 5) is 11.0. The molecule has 87 valence electrons. The van der Waals surface area contributed by atoms with E-state index in [4.69, 9.17) is 4.74 Å². The van der Waals surface area contributed by atoms with Gasteiger partial charge in [0.2, 0.25) is 0 Å². The van der Waals surface area contributed by atoms with E-state index in [1.165, 1.54) is 6.92 Å². The minimum absolute atomic E-state index is 0.275. The van der Waals surface area contributed by atoms with Crippen LogP contribution in [0.1, 0.15) is 57.6 Å². The fourth-order valence-electron chi connectivity index (χ4n) is 1.82. The number of rotatable bonds is 3. The Morgan fingerprint density at radius 3 is 2.31 bits per heavy atom. The van der Waals surface area contributed by atoms with Gasteiger partial charge in [0.05, 0.1) is 0 Å². The molecule has 0 saturated carbocycles. The minimum atomic E-state index is -0.275. The van der Waals surface area contributed by atoms with Crippen LogP contribution in [0.15, 0.2) is 12.1 Å². The first-order chi connectivity index (χ1) is 7.43. The molecule has 2 heteroatoms. The number of esters is 1. The zero-order valence-electron chi connectivity index (χ0n) is 10.6. The molecule has 0 unspecified atom stereocenters. The molecule has 0 amide bonds. The molecule has 16 heavy (non-hydrogen) atoms. The van der Waals surface area contributed by atoms with Crippen molar-refractivity contribution in [3.05, 3.63) is 29.3 Å². The van der Waals surface area contributed by atoms with Crippen molar-refractivity contribution in [2.75, 3.05) is 0 Å². The Bertz CT molecular complexity index is 378. The summed E-state index contributed by atoms with van der Waals surface area (Å²) >= 11 is 0. The lowest BCUT2D eigenvalue weighted by atomic mass is 9.90. The standard InChI is InChI=1S/C14H19O2/c1-9(2)12-7-6-8-13(16-11(5)15)14(12)10(3)4/h6,8-10H,1-5H3. The minimum Gasteiger partial charge on any atom is -0.426 e. The molecule has 0 aliphatic rings. The van der Waals surface area contributed by atoms with Crippen molar-refractivity contribution in [2.24, 2.45) is 0 Å². The lowest BCUT2D eigenvalue weighted by Crippen LogP contribution is -2.07. The third kappa shape index (κ3) is 2.84. The summed E-state index contributed by atoms with van der Waals surface area (Å²) in [5.74, 6) is 1.10. The quantitative estimate of drug-likeness (QED) is 0.573. The summed E-state index contributed by atoms with van der Waals surface area (Å²) in [5, 5.41) is 0. The van der Waals surface area contributed by atoms with Gasteiger partial charge >= 0.3 is 5.97 Å². The molecule has 1 aromatic carbocycles. The van der Waals surface area contributed by atoms with E-state index in [-0.39, 0.29) is 5.97 Å². The third-order valence-corrected chi connectivity index (χ3v) is 2.44. The monoisotopic (exact) mass is 219 g/mol. The molecule has 0 atom stereocenters. The molecule has 0 aliphatic heterocycles. The molecular weight excluding hydrogens is 200 g/mol. The predicted molar refractivity (Wildman–Crippen MR) is 64.8 cm³/mol. The average molecular weight is 219 g/mol. The Hall–Kier alpha value is -1.31. The van der Waals surface area contributed by atoms with Crippen molar-refractivity contribution >= 4 is 5.97 Å². The Morgan fingerprint density at radius 2 is 1.88 bits per heavy atom. The van der Waals surface area contributed by atoms with Crippen molar-refractivity contribution in [1.82, 2.24) is 0 Å². The SMILES string of the molecule is CC(=O)Oc1cc[c]c(C(C)C)c1C(C)C. The first-order valence-corrected chi connectivity index (χ1v) is 5.66. The molecule has 1 aromatic rings. The van der Waals surface area contributed by atoms with Crippen molar-refractivity contribution in [3.63, 3.8) is 0 Å². The predicted octanol–water partition coefficient (Wildman–Crippen LogP) is 3.66. The molecule has 0 saturated heterocycles. The van der Waals surface area contributed by atoms with Gasteiger partial charge in [0, 0.05) is 12.5 Å². The van der Waals surface area contributed by atoms with Gasteiger partial charge in [-0.3, -0.25) is 4.79 Å². The van der Waals surface area contributed by atoms with Crippen LogP contribution in [-0.2, 0) is 4.79 Å². The first-order valence-electron chi connectivity index (χ1n) is 5.66. The largest absolute Gasteiger partial charge is 0.426 e. The van der Waals surface area contributed by atoms with Crippen LogP contribution in [0.25, 0.3) is 0 Å². The van der Waals surface area contributed by atoms with Gasteiger partial charge in [0.15, 0.2) is 0 Å². The van der Waals surface area contributed by atoms with Crippen molar-refractivity contribution in [2.45, 2.75) is 46.5 Å². The van der Waals surface area contributed by atoms with Gasteiger partial charge in [-0.2, -0.15) is 0 Å². The molecule has 0 heterocycles. The van der Waals surface area contributed by atoms with E-state index >= 15 is 0 Å². The zero-order valence-corrected chi connectivity index (χ0v) is 10.6. The second-order valence-corrected chi connectivity index (χ2v) is 4.57. The van der Waals surface area contributed by atoms with Crippen molar-refractivity contribution < 1.29 is 9.53 Å². The third-order valence-electron chi connectivity index (χ3n) is 2.44. The van der Waals surface area contributed by atoms with E-state index < -0.39 is 0 Å². The summed E-state index contributed by atoms with van der Waals surface area (Å²) in [6.07, 6.45) is 0. The zero-order chi connectivity index (χ0) is 12.3.